The average molecular weight is 372 g/mol. The number of hydrogen-bond acceptors (Lipinski definition) is 3. The van der Waals surface area contributed by atoms with Crippen LogP contribution in [0.4, 0.5) is 4.79 Å². The molecular formula is C20H25N3O2S. The lowest BCUT2D eigenvalue weighted by Crippen LogP contribution is -2.39. The number of carbonyl (C=O) groups is 1. The van der Waals surface area contributed by atoms with Gasteiger partial charge in [-0.1, -0.05) is 31.0 Å². The van der Waals surface area contributed by atoms with E-state index < -0.39 is 10.8 Å². The number of nitrogens with one attached hydrogen (secondary N) is 1. The molecule has 0 aliphatic heterocycles. The van der Waals surface area contributed by atoms with Gasteiger partial charge in [0.15, 0.2) is 0 Å². The SMILES string of the molecule is CN(Cc1ccc(S(C)=O)cc1)C(=O)NC(CC1CC1)c1ccccn1. The van der Waals surface area contributed by atoms with E-state index in [-0.39, 0.29) is 12.1 Å². The molecule has 2 atom stereocenters. The lowest BCUT2D eigenvalue weighted by molar-refractivity contribution is 0.201. The minimum absolute atomic E-state index is 0.0523. The van der Waals surface area contributed by atoms with E-state index in [4.69, 9.17) is 0 Å². The Balaban J connectivity index is 1.61. The van der Waals surface area contributed by atoms with Gasteiger partial charge in [-0.25, -0.2) is 4.79 Å². The molecule has 1 N–H and O–H groups in total. The van der Waals surface area contributed by atoms with E-state index in [2.05, 4.69) is 10.3 Å². The maximum atomic E-state index is 12.6. The van der Waals surface area contributed by atoms with Crippen LogP contribution in [-0.2, 0) is 17.3 Å². The molecule has 1 fully saturated rings. The molecule has 6 heteroatoms. The summed E-state index contributed by atoms with van der Waals surface area (Å²) in [6, 6.07) is 13.2. The summed E-state index contributed by atoms with van der Waals surface area (Å²) in [6.45, 7) is 0.501. The largest absolute Gasteiger partial charge is 0.330 e. The number of hydrogen-bond donors (Lipinski definition) is 1. The molecule has 2 unspecified atom stereocenters. The lowest BCUT2D eigenvalue weighted by Gasteiger charge is -2.23. The molecule has 0 saturated heterocycles. The van der Waals surface area contributed by atoms with E-state index in [9.17, 15) is 9.00 Å². The second kappa shape index (κ2) is 8.45. The lowest BCUT2D eigenvalue weighted by atomic mass is 10.1. The predicted octanol–water partition coefficient (Wildman–Crippen LogP) is 3.50. The molecule has 2 amide bonds. The Morgan fingerprint density at radius 3 is 2.58 bits per heavy atom. The Morgan fingerprint density at radius 2 is 2.00 bits per heavy atom. The quantitative estimate of drug-likeness (QED) is 0.810. The second-order valence-corrected chi connectivity index (χ2v) is 8.27. The molecule has 5 nitrogen and oxygen atoms in total. The maximum Gasteiger partial charge on any atom is 0.317 e. The second-order valence-electron chi connectivity index (χ2n) is 6.89. The number of aromatic nitrogens is 1. The van der Waals surface area contributed by atoms with Crippen LogP contribution in [0.2, 0.25) is 0 Å². The first-order chi connectivity index (χ1) is 12.5. The highest BCUT2D eigenvalue weighted by atomic mass is 32.2. The molecule has 0 bridgehead atoms. The first-order valence-electron chi connectivity index (χ1n) is 8.88. The molecule has 26 heavy (non-hydrogen) atoms. The first kappa shape index (κ1) is 18.6. The summed E-state index contributed by atoms with van der Waals surface area (Å²) in [5, 5.41) is 3.13. The minimum Gasteiger partial charge on any atom is -0.330 e. The summed E-state index contributed by atoms with van der Waals surface area (Å²) in [5.41, 5.74) is 1.92. The van der Waals surface area contributed by atoms with Crippen molar-refractivity contribution in [1.29, 1.82) is 0 Å². The Morgan fingerprint density at radius 1 is 1.27 bits per heavy atom. The summed E-state index contributed by atoms with van der Waals surface area (Å²) in [4.78, 5) is 19.5. The highest BCUT2D eigenvalue weighted by molar-refractivity contribution is 7.84. The van der Waals surface area contributed by atoms with Gasteiger partial charge in [0.25, 0.3) is 0 Å². The molecule has 0 radical (unpaired) electrons. The van der Waals surface area contributed by atoms with Gasteiger partial charge in [-0.2, -0.15) is 0 Å². The van der Waals surface area contributed by atoms with Gasteiger partial charge in [0.2, 0.25) is 0 Å². The van der Waals surface area contributed by atoms with E-state index in [1.165, 1.54) is 12.8 Å². The first-order valence-corrected chi connectivity index (χ1v) is 10.4. The zero-order valence-corrected chi connectivity index (χ0v) is 16.0. The van der Waals surface area contributed by atoms with Crippen LogP contribution in [0.3, 0.4) is 0 Å². The molecule has 138 valence electrons. The molecule has 1 saturated carbocycles. The van der Waals surface area contributed by atoms with Crippen LogP contribution >= 0.6 is 0 Å². The van der Waals surface area contributed by atoms with Crippen LogP contribution in [0.1, 0.15) is 36.6 Å². The summed E-state index contributed by atoms with van der Waals surface area (Å²) >= 11 is 0. The van der Waals surface area contributed by atoms with E-state index in [0.717, 1.165) is 22.6 Å². The van der Waals surface area contributed by atoms with E-state index in [1.807, 2.05) is 42.5 Å². The van der Waals surface area contributed by atoms with E-state index >= 15 is 0 Å². The molecule has 0 spiro atoms. The van der Waals surface area contributed by atoms with Crippen molar-refractivity contribution in [2.45, 2.75) is 36.7 Å². The van der Waals surface area contributed by atoms with Crippen molar-refractivity contribution < 1.29 is 9.00 Å². The number of amides is 2. The molecule has 2 aromatic rings. The van der Waals surface area contributed by atoms with Crippen molar-refractivity contribution in [1.82, 2.24) is 15.2 Å². The Kier molecular flexibility index (Phi) is 6.04. The van der Waals surface area contributed by atoms with Crippen molar-refractivity contribution in [2.24, 2.45) is 5.92 Å². The number of carbonyl (C=O) groups excluding carboxylic acids is 1. The van der Waals surface area contributed by atoms with Crippen LogP contribution in [0.5, 0.6) is 0 Å². The molecule has 1 heterocycles. The number of nitrogens with zero attached hydrogens (tertiary/aromatic N) is 2. The zero-order valence-electron chi connectivity index (χ0n) is 15.2. The Hall–Kier alpha value is -2.21. The molecule has 1 aromatic carbocycles. The van der Waals surface area contributed by atoms with Crippen molar-refractivity contribution >= 4 is 16.8 Å². The van der Waals surface area contributed by atoms with Crippen LogP contribution in [0.25, 0.3) is 0 Å². The van der Waals surface area contributed by atoms with Gasteiger partial charge in [-0.15, -0.1) is 0 Å². The fourth-order valence-corrected chi connectivity index (χ4v) is 3.43. The molecule has 1 aliphatic carbocycles. The van der Waals surface area contributed by atoms with Crippen molar-refractivity contribution in [3.63, 3.8) is 0 Å². The van der Waals surface area contributed by atoms with Gasteiger partial charge >= 0.3 is 6.03 Å². The van der Waals surface area contributed by atoms with Crippen molar-refractivity contribution in [3.05, 3.63) is 59.9 Å². The Bertz CT molecular complexity index is 760. The highest BCUT2D eigenvalue weighted by Gasteiger charge is 2.28. The normalized spacial score (nSPS) is 15.9. The molecule has 1 aliphatic rings. The number of urea groups is 1. The van der Waals surface area contributed by atoms with E-state index in [0.29, 0.717) is 12.5 Å². The van der Waals surface area contributed by atoms with Crippen molar-refractivity contribution in [2.75, 3.05) is 13.3 Å². The summed E-state index contributed by atoms with van der Waals surface area (Å²) in [7, 11) is 0.798. The smallest absolute Gasteiger partial charge is 0.317 e. The maximum absolute atomic E-state index is 12.6. The molecule has 3 rings (SSSR count). The van der Waals surface area contributed by atoms with Gasteiger partial charge in [0.05, 0.1) is 11.7 Å². The minimum atomic E-state index is -0.987. The summed E-state index contributed by atoms with van der Waals surface area (Å²) in [6.07, 6.45) is 6.84. The monoisotopic (exact) mass is 371 g/mol. The third-order valence-corrected chi connectivity index (χ3v) is 5.57. The summed E-state index contributed by atoms with van der Waals surface area (Å²) < 4.78 is 11.5. The van der Waals surface area contributed by atoms with Crippen molar-refractivity contribution in [3.8, 4) is 0 Å². The third-order valence-electron chi connectivity index (χ3n) is 4.63. The van der Waals surface area contributed by atoms with Crippen LogP contribution in [0.15, 0.2) is 53.6 Å². The van der Waals surface area contributed by atoms with Gasteiger partial charge in [0.1, 0.15) is 0 Å². The molecular weight excluding hydrogens is 346 g/mol. The van der Waals surface area contributed by atoms with Crippen LogP contribution < -0.4 is 5.32 Å². The van der Waals surface area contributed by atoms with E-state index in [1.54, 1.807) is 24.4 Å². The number of benzene rings is 1. The van der Waals surface area contributed by atoms with Gasteiger partial charge in [-0.3, -0.25) is 9.19 Å². The zero-order chi connectivity index (χ0) is 18.5. The highest BCUT2D eigenvalue weighted by Crippen LogP contribution is 2.37. The summed E-state index contributed by atoms with van der Waals surface area (Å²) in [5.74, 6) is 0.690. The number of rotatable bonds is 7. The topological polar surface area (TPSA) is 62.3 Å². The third kappa shape index (κ3) is 5.14. The fraction of sp³-hybridized carbons (Fsp3) is 0.400. The average Bonchev–Trinajstić information content (AvgIpc) is 3.46. The predicted molar refractivity (Wildman–Crippen MR) is 103 cm³/mol. The Labute approximate surface area is 157 Å². The van der Waals surface area contributed by atoms with Gasteiger partial charge in [0, 0.05) is 41.7 Å². The van der Waals surface area contributed by atoms with Crippen LogP contribution in [-0.4, -0.2) is 33.4 Å². The number of pyridine rings is 1. The molecule has 1 aromatic heterocycles. The standard InChI is InChI=1S/C20H25N3O2S/c1-23(14-16-8-10-17(11-9-16)26(2)25)20(24)22-19(13-15-6-7-15)18-5-3-4-12-21-18/h3-5,8-12,15,19H,6-7,13-14H2,1-2H3,(H,22,24). The van der Waals surface area contributed by atoms with Crippen LogP contribution in [0, 0.1) is 5.92 Å². The van der Waals surface area contributed by atoms with Gasteiger partial charge in [-0.05, 0) is 42.2 Å². The fourth-order valence-electron chi connectivity index (χ4n) is 2.91. The van der Waals surface area contributed by atoms with Gasteiger partial charge < -0.3 is 10.2 Å².